The van der Waals surface area contributed by atoms with Gasteiger partial charge < -0.3 is 10.0 Å². The van der Waals surface area contributed by atoms with Gasteiger partial charge in [-0.1, -0.05) is 12.1 Å². The second kappa shape index (κ2) is 8.78. The van der Waals surface area contributed by atoms with Gasteiger partial charge in [0.2, 0.25) is 5.91 Å². The van der Waals surface area contributed by atoms with E-state index in [1.807, 2.05) is 32.0 Å². The Morgan fingerprint density at radius 1 is 1.21 bits per heavy atom. The molecule has 1 N–H and O–H groups in total. The van der Waals surface area contributed by atoms with Gasteiger partial charge in [-0.25, -0.2) is 4.98 Å². The molecule has 1 heterocycles. The quantitative estimate of drug-likeness (QED) is 0.701. The lowest BCUT2D eigenvalue weighted by atomic mass is 10.1. The monoisotopic (exact) mass is 348 g/mol. The number of carbonyl (C=O) groups excluding carboxylic acids is 1. The van der Waals surface area contributed by atoms with E-state index in [0.717, 1.165) is 29.8 Å². The molecule has 0 aliphatic rings. The van der Waals surface area contributed by atoms with E-state index in [1.165, 1.54) is 4.70 Å². The van der Waals surface area contributed by atoms with Gasteiger partial charge >= 0.3 is 5.97 Å². The summed E-state index contributed by atoms with van der Waals surface area (Å²) >= 11 is 1.71. The molecule has 1 aromatic carbocycles. The number of fused-ring (bicyclic) bond motifs is 1. The number of aryl methyl sites for hydroxylation is 1. The lowest BCUT2D eigenvalue weighted by molar-refractivity contribution is -0.139. The SMILES string of the molecule is CC(C)N(CCC(=O)O)C(=O)CCCCc1nc2ccccc2s1. The van der Waals surface area contributed by atoms with Crippen molar-refractivity contribution in [3.8, 4) is 0 Å². The Morgan fingerprint density at radius 2 is 1.96 bits per heavy atom. The predicted molar refractivity (Wildman–Crippen MR) is 96.3 cm³/mol. The third-order valence-corrected chi connectivity index (χ3v) is 4.98. The minimum absolute atomic E-state index is 0.00434. The van der Waals surface area contributed by atoms with Gasteiger partial charge in [0.1, 0.15) is 0 Å². The minimum Gasteiger partial charge on any atom is -0.481 e. The smallest absolute Gasteiger partial charge is 0.305 e. The second-order valence-corrected chi connectivity index (χ2v) is 7.22. The average Bonchev–Trinajstić information content (AvgIpc) is 2.93. The summed E-state index contributed by atoms with van der Waals surface area (Å²) in [4.78, 5) is 29.2. The summed E-state index contributed by atoms with van der Waals surface area (Å²) < 4.78 is 1.20. The summed E-state index contributed by atoms with van der Waals surface area (Å²) in [6.07, 6.45) is 3.04. The van der Waals surface area contributed by atoms with Crippen LogP contribution in [0.4, 0.5) is 0 Å². The summed E-state index contributed by atoms with van der Waals surface area (Å²) in [6, 6.07) is 8.12. The van der Waals surface area contributed by atoms with Gasteiger partial charge in [0.15, 0.2) is 0 Å². The summed E-state index contributed by atoms with van der Waals surface area (Å²) in [7, 11) is 0. The number of rotatable bonds is 9. The number of thiazole rings is 1. The van der Waals surface area contributed by atoms with Gasteiger partial charge in [-0.2, -0.15) is 0 Å². The fourth-order valence-corrected chi connectivity index (χ4v) is 3.62. The number of carboxylic acid groups (broad SMARTS) is 1. The summed E-state index contributed by atoms with van der Waals surface area (Å²) in [5.41, 5.74) is 1.04. The van der Waals surface area contributed by atoms with Crippen LogP contribution in [0.15, 0.2) is 24.3 Å². The zero-order chi connectivity index (χ0) is 17.5. The van der Waals surface area contributed by atoms with E-state index in [1.54, 1.807) is 16.2 Å². The number of hydrogen-bond acceptors (Lipinski definition) is 4. The van der Waals surface area contributed by atoms with Gasteiger partial charge in [0.25, 0.3) is 0 Å². The average molecular weight is 348 g/mol. The molecule has 6 heteroatoms. The zero-order valence-electron chi connectivity index (χ0n) is 14.2. The van der Waals surface area contributed by atoms with Gasteiger partial charge in [-0.3, -0.25) is 9.59 Å². The van der Waals surface area contributed by atoms with Crippen LogP contribution in [-0.4, -0.2) is 39.5 Å². The first kappa shape index (κ1) is 18.4. The first-order chi connectivity index (χ1) is 11.5. The molecule has 0 aliphatic heterocycles. The molecule has 2 aromatic rings. The molecule has 1 amide bonds. The maximum atomic E-state index is 12.3. The Morgan fingerprint density at radius 3 is 2.62 bits per heavy atom. The Bertz CT molecular complexity index is 663. The van der Waals surface area contributed by atoms with E-state index < -0.39 is 5.97 Å². The standard InChI is InChI=1S/C18H24N2O3S/c1-13(2)20(12-11-18(22)23)17(21)10-6-5-9-16-19-14-7-3-4-8-15(14)24-16/h3-4,7-8,13H,5-6,9-12H2,1-2H3,(H,22,23). The normalized spacial score (nSPS) is 11.1. The second-order valence-electron chi connectivity index (χ2n) is 6.11. The first-order valence-electron chi connectivity index (χ1n) is 8.33. The number of hydrogen-bond donors (Lipinski definition) is 1. The number of carboxylic acids is 1. The van der Waals surface area contributed by atoms with E-state index in [2.05, 4.69) is 11.1 Å². The Balaban J connectivity index is 1.77. The number of unbranched alkanes of at least 4 members (excludes halogenated alkanes) is 1. The van der Waals surface area contributed by atoms with Crippen LogP contribution < -0.4 is 0 Å². The summed E-state index contributed by atoms with van der Waals surface area (Å²) in [5, 5.41) is 9.89. The number of benzene rings is 1. The van der Waals surface area contributed by atoms with Gasteiger partial charge in [0.05, 0.1) is 21.6 Å². The van der Waals surface area contributed by atoms with Crippen LogP contribution in [0.3, 0.4) is 0 Å². The summed E-state index contributed by atoms with van der Waals surface area (Å²) in [5.74, 6) is -0.833. The number of carbonyl (C=O) groups is 2. The molecule has 130 valence electrons. The molecule has 0 atom stereocenters. The zero-order valence-corrected chi connectivity index (χ0v) is 15.0. The Hall–Kier alpha value is -1.95. The van der Waals surface area contributed by atoms with Crippen LogP contribution in [-0.2, 0) is 16.0 Å². The molecule has 2 rings (SSSR count). The van der Waals surface area contributed by atoms with Crippen LogP contribution in [0, 0.1) is 0 Å². The molecular formula is C18H24N2O3S. The number of amides is 1. The van der Waals surface area contributed by atoms with Crippen molar-refractivity contribution in [1.82, 2.24) is 9.88 Å². The number of aliphatic carboxylic acids is 1. The fraction of sp³-hybridized carbons (Fsp3) is 0.500. The molecule has 24 heavy (non-hydrogen) atoms. The van der Waals surface area contributed by atoms with E-state index in [9.17, 15) is 9.59 Å². The van der Waals surface area contributed by atoms with Crippen molar-refractivity contribution in [2.45, 2.75) is 52.0 Å². The van der Waals surface area contributed by atoms with Crippen molar-refractivity contribution in [3.05, 3.63) is 29.3 Å². The minimum atomic E-state index is -0.871. The van der Waals surface area contributed by atoms with Crippen molar-refractivity contribution in [1.29, 1.82) is 0 Å². The van der Waals surface area contributed by atoms with Crippen molar-refractivity contribution in [3.63, 3.8) is 0 Å². The topological polar surface area (TPSA) is 70.5 Å². The number of aromatic nitrogens is 1. The highest BCUT2D eigenvalue weighted by Gasteiger charge is 2.17. The maximum Gasteiger partial charge on any atom is 0.305 e. The molecule has 0 saturated heterocycles. The molecule has 0 radical (unpaired) electrons. The highest BCUT2D eigenvalue weighted by atomic mass is 32.1. The van der Waals surface area contributed by atoms with Crippen LogP contribution in [0.1, 0.15) is 44.5 Å². The van der Waals surface area contributed by atoms with Crippen molar-refractivity contribution in [2.75, 3.05) is 6.54 Å². The molecule has 0 fully saturated rings. The molecular weight excluding hydrogens is 324 g/mol. The first-order valence-corrected chi connectivity index (χ1v) is 9.14. The van der Waals surface area contributed by atoms with Crippen LogP contribution in [0.25, 0.3) is 10.2 Å². The number of nitrogens with zero attached hydrogens (tertiary/aromatic N) is 2. The Labute approximate surface area is 146 Å². The van der Waals surface area contributed by atoms with E-state index in [0.29, 0.717) is 6.42 Å². The highest BCUT2D eigenvalue weighted by Crippen LogP contribution is 2.23. The molecule has 5 nitrogen and oxygen atoms in total. The van der Waals surface area contributed by atoms with Gasteiger partial charge in [-0.15, -0.1) is 11.3 Å². The van der Waals surface area contributed by atoms with Gasteiger partial charge in [-0.05, 0) is 45.2 Å². The van der Waals surface area contributed by atoms with Crippen molar-refractivity contribution >= 4 is 33.4 Å². The van der Waals surface area contributed by atoms with Crippen LogP contribution in [0.2, 0.25) is 0 Å². The largest absolute Gasteiger partial charge is 0.481 e. The highest BCUT2D eigenvalue weighted by molar-refractivity contribution is 7.18. The molecule has 1 aromatic heterocycles. The molecule has 0 unspecified atom stereocenters. The molecule has 0 bridgehead atoms. The number of para-hydroxylation sites is 1. The fourth-order valence-electron chi connectivity index (χ4n) is 2.61. The predicted octanol–water partition coefficient (Wildman–Crippen LogP) is 3.72. The summed E-state index contributed by atoms with van der Waals surface area (Å²) in [6.45, 7) is 4.12. The van der Waals surface area contributed by atoms with Gasteiger partial charge in [0, 0.05) is 19.0 Å². The van der Waals surface area contributed by atoms with E-state index >= 15 is 0 Å². The third kappa shape index (κ3) is 5.30. The third-order valence-electron chi connectivity index (χ3n) is 3.88. The molecule has 0 aliphatic carbocycles. The lowest BCUT2D eigenvalue weighted by Crippen LogP contribution is -2.38. The van der Waals surface area contributed by atoms with Crippen LogP contribution >= 0.6 is 11.3 Å². The van der Waals surface area contributed by atoms with E-state index in [-0.39, 0.29) is 24.9 Å². The molecule has 0 spiro atoms. The molecule has 0 saturated carbocycles. The van der Waals surface area contributed by atoms with Crippen molar-refractivity contribution in [2.24, 2.45) is 0 Å². The lowest BCUT2D eigenvalue weighted by Gasteiger charge is -2.26. The van der Waals surface area contributed by atoms with Crippen molar-refractivity contribution < 1.29 is 14.7 Å². The van der Waals surface area contributed by atoms with E-state index in [4.69, 9.17) is 5.11 Å². The van der Waals surface area contributed by atoms with Crippen LogP contribution in [0.5, 0.6) is 0 Å². The maximum absolute atomic E-state index is 12.3. The Kier molecular flexibility index (Phi) is 6.73.